The standard InChI is InChI=1S/C27H24F3N7O3/c28-27(29,30)17-5-10-32-19(11-17)35-23(38)16-3-1-15(2-4-16)18-12-37(22-20(18)21(31)33-14-34-22)26-8-6-25(13-26,7-9-26)36-24(39)40/h1-5,10-12,14,36H,6-9,13H2,(H,39,40)(H2,31,33,34)(H,32,35,38). The molecular weight excluding hydrogens is 527 g/mol. The lowest BCUT2D eigenvalue weighted by Crippen LogP contribution is -2.44. The van der Waals surface area contributed by atoms with Crippen molar-refractivity contribution in [2.45, 2.75) is 49.4 Å². The van der Waals surface area contributed by atoms with Crippen LogP contribution in [0.15, 0.2) is 55.1 Å². The van der Waals surface area contributed by atoms with Crippen LogP contribution in [0, 0.1) is 0 Å². The minimum atomic E-state index is -4.56. The van der Waals surface area contributed by atoms with Crippen molar-refractivity contribution in [1.29, 1.82) is 0 Å². The Hall–Kier alpha value is -4.68. The second-order valence-corrected chi connectivity index (χ2v) is 10.4. The highest BCUT2D eigenvalue weighted by Gasteiger charge is 2.56. The molecule has 0 spiro atoms. The molecule has 0 aliphatic heterocycles. The number of hydrogen-bond acceptors (Lipinski definition) is 6. The van der Waals surface area contributed by atoms with Gasteiger partial charge in [0.1, 0.15) is 23.6 Å². The Morgan fingerprint density at radius 2 is 1.75 bits per heavy atom. The van der Waals surface area contributed by atoms with Crippen LogP contribution in [0.2, 0.25) is 0 Å². The number of carboxylic acid groups (broad SMARTS) is 1. The number of halogens is 3. The third kappa shape index (κ3) is 4.27. The number of nitrogen functional groups attached to an aromatic ring is 1. The van der Waals surface area contributed by atoms with Crippen LogP contribution < -0.4 is 16.4 Å². The van der Waals surface area contributed by atoms with E-state index in [-0.39, 0.29) is 16.9 Å². The van der Waals surface area contributed by atoms with Gasteiger partial charge in [0.15, 0.2) is 0 Å². The number of anilines is 2. The quantitative estimate of drug-likeness (QED) is 0.272. The van der Waals surface area contributed by atoms with E-state index in [0.717, 1.165) is 55.1 Å². The highest BCUT2D eigenvalue weighted by molar-refractivity contribution is 6.05. The summed E-state index contributed by atoms with van der Waals surface area (Å²) in [5.41, 5.74) is 6.96. The molecule has 6 rings (SSSR count). The van der Waals surface area contributed by atoms with Crippen molar-refractivity contribution in [3.8, 4) is 11.1 Å². The number of alkyl halides is 3. The van der Waals surface area contributed by atoms with E-state index in [0.29, 0.717) is 23.3 Å². The molecule has 2 fully saturated rings. The summed E-state index contributed by atoms with van der Waals surface area (Å²) in [4.78, 5) is 36.7. The lowest BCUT2D eigenvalue weighted by Gasteiger charge is -2.29. The van der Waals surface area contributed by atoms with Crippen LogP contribution in [0.1, 0.15) is 48.0 Å². The Morgan fingerprint density at radius 3 is 2.42 bits per heavy atom. The number of benzene rings is 1. The van der Waals surface area contributed by atoms with Crippen LogP contribution in [0.4, 0.5) is 29.6 Å². The fourth-order valence-corrected chi connectivity index (χ4v) is 6.23. The first-order valence-electron chi connectivity index (χ1n) is 12.6. The third-order valence-corrected chi connectivity index (χ3v) is 8.09. The Balaban J connectivity index is 1.31. The monoisotopic (exact) mass is 551 g/mol. The molecule has 0 radical (unpaired) electrons. The van der Waals surface area contributed by atoms with E-state index in [1.54, 1.807) is 24.3 Å². The van der Waals surface area contributed by atoms with E-state index < -0.39 is 29.3 Å². The predicted octanol–water partition coefficient (Wildman–Crippen LogP) is 5.03. The maximum absolute atomic E-state index is 13.0. The molecule has 2 aliphatic rings. The Kier molecular flexibility index (Phi) is 5.71. The van der Waals surface area contributed by atoms with Crippen molar-refractivity contribution in [2.75, 3.05) is 11.1 Å². The molecule has 10 nitrogen and oxygen atoms in total. The Bertz CT molecular complexity index is 1640. The predicted molar refractivity (Wildman–Crippen MR) is 140 cm³/mol. The molecule has 3 aromatic heterocycles. The number of rotatable bonds is 5. The van der Waals surface area contributed by atoms with Gasteiger partial charge in [-0.2, -0.15) is 13.2 Å². The number of nitrogens with zero attached hydrogens (tertiary/aromatic N) is 4. The minimum absolute atomic E-state index is 0.210. The lowest BCUT2D eigenvalue weighted by molar-refractivity contribution is -0.137. The van der Waals surface area contributed by atoms with Crippen LogP contribution >= 0.6 is 0 Å². The second kappa shape index (κ2) is 8.93. The van der Waals surface area contributed by atoms with Gasteiger partial charge in [0.2, 0.25) is 0 Å². The molecule has 3 heterocycles. The van der Waals surface area contributed by atoms with Gasteiger partial charge in [0, 0.05) is 34.6 Å². The highest BCUT2D eigenvalue weighted by atomic mass is 19.4. The van der Waals surface area contributed by atoms with Crippen LogP contribution in [0.5, 0.6) is 0 Å². The van der Waals surface area contributed by atoms with Gasteiger partial charge in [-0.15, -0.1) is 0 Å². The van der Waals surface area contributed by atoms with Gasteiger partial charge in [0.25, 0.3) is 5.91 Å². The molecule has 0 saturated heterocycles. The summed E-state index contributed by atoms with van der Waals surface area (Å²) in [5, 5.41) is 15.1. The molecule has 0 unspecified atom stereocenters. The van der Waals surface area contributed by atoms with E-state index in [2.05, 4.69) is 30.2 Å². The summed E-state index contributed by atoms with van der Waals surface area (Å²) >= 11 is 0. The van der Waals surface area contributed by atoms with E-state index in [9.17, 15) is 27.9 Å². The molecule has 0 atom stereocenters. The van der Waals surface area contributed by atoms with Gasteiger partial charge < -0.3 is 26.0 Å². The zero-order valence-electron chi connectivity index (χ0n) is 21.0. The first-order chi connectivity index (χ1) is 19.0. The van der Waals surface area contributed by atoms with Crippen molar-refractivity contribution in [1.82, 2.24) is 24.8 Å². The van der Waals surface area contributed by atoms with E-state index in [1.165, 1.54) is 6.33 Å². The molecular formula is C27H24F3N7O3. The number of aromatic nitrogens is 4. The number of nitrogens with two attached hydrogens (primary N) is 1. The molecule has 2 saturated carbocycles. The highest BCUT2D eigenvalue weighted by Crippen LogP contribution is 2.56. The van der Waals surface area contributed by atoms with Crippen molar-refractivity contribution >= 4 is 34.7 Å². The molecule has 4 aromatic rings. The summed E-state index contributed by atoms with van der Waals surface area (Å²) in [6.45, 7) is 0. The average molecular weight is 552 g/mol. The fourth-order valence-electron chi connectivity index (χ4n) is 6.23. The molecule has 5 N–H and O–H groups in total. The van der Waals surface area contributed by atoms with Crippen LogP contribution in [-0.4, -0.2) is 42.2 Å². The summed E-state index contributed by atoms with van der Waals surface area (Å²) in [6, 6.07) is 8.17. The molecule has 2 aliphatic carbocycles. The van der Waals surface area contributed by atoms with Gasteiger partial charge in [0.05, 0.1) is 10.9 Å². The van der Waals surface area contributed by atoms with E-state index in [1.807, 2.05) is 6.20 Å². The number of carbonyl (C=O) groups excluding carboxylic acids is 1. The third-order valence-electron chi connectivity index (χ3n) is 8.09. The van der Waals surface area contributed by atoms with Crippen molar-refractivity contribution in [3.63, 3.8) is 0 Å². The summed E-state index contributed by atoms with van der Waals surface area (Å²) in [6.07, 6.45) is 2.40. The number of amides is 2. The maximum Gasteiger partial charge on any atom is 0.416 e. The topological polar surface area (TPSA) is 148 Å². The van der Waals surface area contributed by atoms with Gasteiger partial charge in [-0.1, -0.05) is 12.1 Å². The van der Waals surface area contributed by atoms with E-state index >= 15 is 0 Å². The zero-order chi connectivity index (χ0) is 28.3. The number of fused-ring (bicyclic) bond motifs is 3. The number of hydrogen-bond donors (Lipinski definition) is 4. The molecule has 206 valence electrons. The molecule has 13 heteroatoms. The normalized spacial score (nSPS) is 22.0. The first kappa shape index (κ1) is 25.6. The smallest absolute Gasteiger partial charge is 0.416 e. The van der Waals surface area contributed by atoms with Crippen LogP contribution in [0.25, 0.3) is 22.2 Å². The van der Waals surface area contributed by atoms with Crippen molar-refractivity contribution in [2.24, 2.45) is 0 Å². The first-order valence-corrected chi connectivity index (χ1v) is 12.6. The second-order valence-electron chi connectivity index (χ2n) is 10.4. The fraction of sp³-hybridized carbons (Fsp3) is 0.296. The maximum atomic E-state index is 13.0. The molecule has 2 amide bonds. The average Bonchev–Trinajstić information content (AvgIpc) is 3.59. The SMILES string of the molecule is Nc1ncnc2c1c(-c1ccc(C(=O)Nc3cc(C(F)(F)F)ccn3)cc1)cn2C12CCC(NC(=O)O)(CC1)C2. The van der Waals surface area contributed by atoms with Crippen LogP contribution in [0.3, 0.4) is 0 Å². The Morgan fingerprint density at radius 1 is 1.02 bits per heavy atom. The number of nitrogens with one attached hydrogen (secondary N) is 2. The molecule has 1 aromatic carbocycles. The van der Waals surface area contributed by atoms with Gasteiger partial charge in [-0.05, 0) is 61.9 Å². The van der Waals surface area contributed by atoms with Crippen molar-refractivity contribution < 1.29 is 27.9 Å². The zero-order valence-corrected chi connectivity index (χ0v) is 21.0. The van der Waals surface area contributed by atoms with Gasteiger partial charge >= 0.3 is 12.3 Å². The van der Waals surface area contributed by atoms with Gasteiger partial charge in [-0.25, -0.2) is 19.7 Å². The summed E-state index contributed by atoms with van der Waals surface area (Å²) in [5.74, 6) is -0.530. The number of carbonyl (C=O) groups is 2. The molecule has 2 bridgehead atoms. The Labute approximate surface area is 225 Å². The largest absolute Gasteiger partial charge is 0.465 e. The summed E-state index contributed by atoms with van der Waals surface area (Å²) in [7, 11) is 0. The molecule has 40 heavy (non-hydrogen) atoms. The minimum Gasteiger partial charge on any atom is -0.465 e. The van der Waals surface area contributed by atoms with Crippen molar-refractivity contribution in [3.05, 3.63) is 66.2 Å². The van der Waals surface area contributed by atoms with Crippen LogP contribution in [-0.2, 0) is 11.7 Å². The lowest BCUT2D eigenvalue weighted by atomic mass is 9.91. The number of pyridine rings is 1. The van der Waals surface area contributed by atoms with Gasteiger partial charge in [-0.3, -0.25) is 4.79 Å². The summed E-state index contributed by atoms with van der Waals surface area (Å²) < 4.78 is 41.1. The van der Waals surface area contributed by atoms with E-state index in [4.69, 9.17) is 5.73 Å².